The summed E-state index contributed by atoms with van der Waals surface area (Å²) in [7, 11) is 0. The summed E-state index contributed by atoms with van der Waals surface area (Å²) in [4.78, 5) is 30.1. The van der Waals surface area contributed by atoms with E-state index in [1.165, 1.54) is 18.7 Å². The van der Waals surface area contributed by atoms with Gasteiger partial charge in [-0.15, -0.1) is 0 Å². The van der Waals surface area contributed by atoms with E-state index in [4.69, 9.17) is 0 Å². The van der Waals surface area contributed by atoms with Gasteiger partial charge in [0.25, 0.3) is 5.91 Å². The summed E-state index contributed by atoms with van der Waals surface area (Å²) in [5.74, 6) is 0.0627. The SMILES string of the molecule is CC(=O)c1cccc(NC(=O)c2c(C#N)c(Sc3ccccc3)n3[nH]c(C)nc23)c1. The number of aryl methyl sites for hydroxylation is 1. The predicted octanol–water partition coefficient (Wildman–Crippen LogP) is 4.45. The van der Waals surface area contributed by atoms with Crippen LogP contribution >= 0.6 is 11.8 Å². The molecular formula is C22H17N5O2S. The highest BCUT2D eigenvalue weighted by molar-refractivity contribution is 7.99. The van der Waals surface area contributed by atoms with Crippen molar-refractivity contribution in [3.63, 3.8) is 0 Å². The first-order chi connectivity index (χ1) is 14.5. The molecule has 0 atom stereocenters. The number of Topliss-reactive ketones (excluding diaryl/α,β-unsaturated/α-hetero) is 1. The number of rotatable bonds is 5. The highest BCUT2D eigenvalue weighted by atomic mass is 32.2. The molecule has 2 N–H and O–H groups in total. The second kappa shape index (κ2) is 7.89. The minimum Gasteiger partial charge on any atom is -0.322 e. The number of anilines is 1. The van der Waals surface area contributed by atoms with Gasteiger partial charge in [-0.1, -0.05) is 42.1 Å². The summed E-state index contributed by atoms with van der Waals surface area (Å²) in [6, 6.07) is 18.4. The van der Waals surface area contributed by atoms with Crippen LogP contribution in [0, 0.1) is 18.3 Å². The number of nitriles is 1. The zero-order chi connectivity index (χ0) is 21.3. The van der Waals surface area contributed by atoms with Crippen molar-refractivity contribution in [2.45, 2.75) is 23.8 Å². The lowest BCUT2D eigenvalue weighted by Gasteiger charge is -2.06. The molecule has 0 saturated carbocycles. The lowest BCUT2D eigenvalue weighted by atomic mass is 10.1. The number of nitrogens with zero attached hydrogens (tertiary/aromatic N) is 3. The van der Waals surface area contributed by atoms with E-state index in [0.717, 1.165) is 4.90 Å². The average Bonchev–Trinajstić information content (AvgIpc) is 3.24. The maximum atomic E-state index is 13.1. The van der Waals surface area contributed by atoms with Crippen LogP contribution in [0.15, 0.2) is 64.5 Å². The normalized spacial score (nSPS) is 10.7. The molecule has 30 heavy (non-hydrogen) atoms. The van der Waals surface area contributed by atoms with E-state index in [1.807, 2.05) is 30.3 Å². The van der Waals surface area contributed by atoms with Crippen molar-refractivity contribution in [1.82, 2.24) is 14.6 Å². The molecule has 2 heterocycles. The molecule has 0 aliphatic heterocycles. The predicted molar refractivity (Wildman–Crippen MR) is 114 cm³/mol. The monoisotopic (exact) mass is 415 g/mol. The molecule has 4 aromatic rings. The molecule has 2 aromatic heterocycles. The Balaban J connectivity index is 1.78. The quantitative estimate of drug-likeness (QED) is 0.469. The molecule has 0 fully saturated rings. The van der Waals surface area contributed by atoms with Crippen LogP contribution in [0.5, 0.6) is 0 Å². The largest absolute Gasteiger partial charge is 0.322 e. The van der Waals surface area contributed by atoms with E-state index < -0.39 is 5.91 Å². The van der Waals surface area contributed by atoms with Crippen LogP contribution in [-0.2, 0) is 0 Å². The van der Waals surface area contributed by atoms with Gasteiger partial charge in [0.15, 0.2) is 11.4 Å². The molecule has 148 valence electrons. The van der Waals surface area contributed by atoms with Crippen molar-refractivity contribution in [2.75, 3.05) is 5.32 Å². The zero-order valence-electron chi connectivity index (χ0n) is 16.3. The topological polar surface area (TPSA) is 103 Å². The molecule has 0 aliphatic rings. The molecule has 0 radical (unpaired) electrons. The number of H-pyrrole nitrogens is 1. The van der Waals surface area contributed by atoms with Gasteiger partial charge in [0, 0.05) is 16.1 Å². The molecule has 8 heteroatoms. The van der Waals surface area contributed by atoms with Crippen LogP contribution in [-0.4, -0.2) is 26.3 Å². The first-order valence-electron chi connectivity index (χ1n) is 9.14. The molecular weight excluding hydrogens is 398 g/mol. The number of carbonyl (C=O) groups excluding carboxylic acids is 2. The first kappa shape index (κ1) is 19.5. The van der Waals surface area contributed by atoms with Crippen molar-refractivity contribution in [3.05, 3.63) is 77.1 Å². The Labute approximate surface area is 176 Å². The number of ketones is 1. The van der Waals surface area contributed by atoms with Crippen molar-refractivity contribution in [1.29, 1.82) is 5.26 Å². The summed E-state index contributed by atoms with van der Waals surface area (Å²) in [5.41, 5.74) is 1.77. The van der Waals surface area contributed by atoms with Gasteiger partial charge in [-0.2, -0.15) is 5.26 Å². The summed E-state index contributed by atoms with van der Waals surface area (Å²) in [6.07, 6.45) is 0. The maximum absolute atomic E-state index is 13.1. The van der Waals surface area contributed by atoms with E-state index >= 15 is 0 Å². The fraction of sp³-hybridized carbons (Fsp3) is 0.0909. The first-order valence-corrected chi connectivity index (χ1v) is 9.96. The molecule has 4 rings (SSSR count). The van der Waals surface area contributed by atoms with E-state index in [9.17, 15) is 14.9 Å². The molecule has 0 bridgehead atoms. The Morgan fingerprint density at radius 3 is 2.63 bits per heavy atom. The standard InChI is InChI=1S/C22H17N5O2S/c1-13(28)15-7-6-8-16(11-15)25-21(29)19-18(12-23)22(27-20(19)24-14(2)26-27)30-17-9-4-3-5-10-17/h3-11H,1-2H3,(H,24,26)(H,25,29). The number of carbonyl (C=O) groups is 2. The second-order valence-corrected chi connectivity index (χ2v) is 7.70. The fourth-order valence-corrected chi connectivity index (χ4v) is 4.11. The highest BCUT2D eigenvalue weighted by Gasteiger charge is 2.27. The Morgan fingerprint density at radius 1 is 1.17 bits per heavy atom. The van der Waals surface area contributed by atoms with Gasteiger partial charge in [0.2, 0.25) is 0 Å². The number of hydrogen-bond acceptors (Lipinski definition) is 5. The van der Waals surface area contributed by atoms with Gasteiger partial charge in [-0.3, -0.25) is 14.7 Å². The van der Waals surface area contributed by atoms with Crippen molar-refractivity contribution < 1.29 is 9.59 Å². The van der Waals surface area contributed by atoms with Gasteiger partial charge < -0.3 is 5.32 Å². The summed E-state index contributed by atoms with van der Waals surface area (Å²) in [5, 5.41) is 16.3. The smallest absolute Gasteiger partial charge is 0.260 e. The molecule has 2 aromatic carbocycles. The Morgan fingerprint density at radius 2 is 1.93 bits per heavy atom. The number of hydrogen-bond donors (Lipinski definition) is 2. The zero-order valence-corrected chi connectivity index (χ0v) is 17.1. The summed E-state index contributed by atoms with van der Waals surface area (Å²) < 4.78 is 1.66. The van der Waals surface area contributed by atoms with Crippen LogP contribution in [0.2, 0.25) is 0 Å². The van der Waals surface area contributed by atoms with Crippen LogP contribution in [0.1, 0.15) is 39.0 Å². The molecule has 7 nitrogen and oxygen atoms in total. The van der Waals surface area contributed by atoms with E-state index in [1.54, 1.807) is 35.7 Å². The van der Waals surface area contributed by atoms with Crippen molar-refractivity contribution >= 4 is 34.8 Å². The second-order valence-electron chi connectivity index (χ2n) is 6.64. The van der Waals surface area contributed by atoms with Gasteiger partial charge in [0.05, 0.1) is 0 Å². The van der Waals surface area contributed by atoms with Gasteiger partial charge >= 0.3 is 0 Å². The molecule has 0 aliphatic carbocycles. The van der Waals surface area contributed by atoms with E-state index in [-0.39, 0.29) is 16.9 Å². The minimum atomic E-state index is -0.462. The number of aromatic amines is 1. The third-order valence-electron chi connectivity index (χ3n) is 4.47. The van der Waals surface area contributed by atoms with Gasteiger partial charge in [0.1, 0.15) is 28.0 Å². The van der Waals surface area contributed by atoms with E-state index in [2.05, 4.69) is 21.5 Å². The Hall–Kier alpha value is -3.83. The Bertz CT molecular complexity index is 1310. The Kier molecular flexibility index (Phi) is 5.12. The summed E-state index contributed by atoms with van der Waals surface area (Å²) >= 11 is 1.38. The van der Waals surface area contributed by atoms with Crippen LogP contribution < -0.4 is 5.32 Å². The van der Waals surface area contributed by atoms with E-state index in [0.29, 0.717) is 27.7 Å². The number of aromatic nitrogens is 3. The van der Waals surface area contributed by atoms with Crippen LogP contribution in [0.4, 0.5) is 5.69 Å². The average molecular weight is 415 g/mol. The fourth-order valence-electron chi connectivity index (χ4n) is 3.12. The van der Waals surface area contributed by atoms with Crippen LogP contribution in [0.3, 0.4) is 0 Å². The van der Waals surface area contributed by atoms with Gasteiger partial charge in [-0.05, 0) is 38.1 Å². The highest BCUT2D eigenvalue weighted by Crippen LogP contribution is 2.35. The number of benzene rings is 2. The molecule has 0 spiro atoms. The van der Waals surface area contributed by atoms with Crippen molar-refractivity contribution in [2.24, 2.45) is 0 Å². The molecule has 1 amide bonds. The number of amides is 1. The third-order valence-corrected chi connectivity index (χ3v) is 5.56. The number of nitrogens with one attached hydrogen (secondary N) is 2. The maximum Gasteiger partial charge on any atom is 0.260 e. The number of fused-ring (bicyclic) bond motifs is 1. The third kappa shape index (κ3) is 3.58. The molecule has 0 saturated heterocycles. The van der Waals surface area contributed by atoms with Gasteiger partial charge in [-0.25, -0.2) is 9.50 Å². The minimum absolute atomic E-state index is 0.0976. The summed E-state index contributed by atoms with van der Waals surface area (Å²) in [6.45, 7) is 3.25. The lowest BCUT2D eigenvalue weighted by molar-refractivity contribution is 0.101. The van der Waals surface area contributed by atoms with Crippen LogP contribution in [0.25, 0.3) is 5.65 Å². The van der Waals surface area contributed by atoms with Crippen molar-refractivity contribution in [3.8, 4) is 6.07 Å². The molecule has 0 unspecified atom stereocenters. The lowest BCUT2D eigenvalue weighted by Crippen LogP contribution is -2.13.